The highest BCUT2D eigenvalue weighted by atomic mass is 31.1. The standard InChI is InChI=1S/C8H9NP2/c10-9-11-7-6-8-4-2-1-3-5-8/h1-7,10-11H. The van der Waals surface area contributed by atoms with Gasteiger partial charge >= 0.3 is 0 Å². The van der Waals surface area contributed by atoms with Crippen LogP contribution in [0, 0.1) is 0 Å². The van der Waals surface area contributed by atoms with Gasteiger partial charge in [-0.05, 0) is 20.4 Å². The SMILES string of the molecule is P=NPC=Cc1ccccc1. The van der Waals surface area contributed by atoms with Crippen molar-refractivity contribution in [2.45, 2.75) is 0 Å². The maximum absolute atomic E-state index is 3.80. The Bertz CT molecular complexity index is 244. The van der Waals surface area contributed by atoms with Crippen LogP contribution >= 0.6 is 17.8 Å². The van der Waals surface area contributed by atoms with Crippen LogP contribution in [0.3, 0.4) is 0 Å². The Hall–Kier alpha value is -0.510. The molecule has 0 saturated heterocycles. The van der Waals surface area contributed by atoms with Crippen molar-refractivity contribution in [3.05, 3.63) is 41.7 Å². The molecular formula is C8H9NP2. The normalized spacial score (nSPS) is 11.3. The van der Waals surface area contributed by atoms with Crippen LogP contribution < -0.4 is 0 Å². The molecule has 1 atom stereocenters. The summed E-state index contributed by atoms with van der Waals surface area (Å²) in [4.78, 5) is 0. The summed E-state index contributed by atoms with van der Waals surface area (Å²) in [6.07, 6.45) is 2.06. The van der Waals surface area contributed by atoms with Gasteiger partial charge in [-0.25, -0.2) is 4.52 Å². The molecular weight excluding hydrogens is 172 g/mol. The summed E-state index contributed by atoms with van der Waals surface area (Å²) < 4.78 is 3.80. The first kappa shape index (κ1) is 8.59. The number of nitrogens with zero attached hydrogens (tertiary/aromatic N) is 1. The van der Waals surface area contributed by atoms with Crippen molar-refractivity contribution in [2.24, 2.45) is 4.52 Å². The number of benzene rings is 1. The molecule has 11 heavy (non-hydrogen) atoms. The Kier molecular flexibility index (Phi) is 4.04. The van der Waals surface area contributed by atoms with Gasteiger partial charge in [0, 0.05) is 8.73 Å². The molecule has 0 heterocycles. The lowest BCUT2D eigenvalue weighted by Crippen LogP contribution is -1.65. The first-order valence-electron chi connectivity index (χ1n) is 3.27. The fraction of sp³-hybridized carbons (Fsp3) is 0. The van der Waals surface area contributed by atoms with Gasteiger partial charge in [-0.1, -0.05) is 36.4 Å². The summed E-state index contributed by atoms with van der Waals surface area (Å²) in [6, 6.07) is 10.2. The summed E-state index contributed by atoms with van der Waals surface area (Å²) in [5.74, 6) is 2.03. The van der Waals surface area contributed by atoms with Crippen LogP contribution in [0.2, 0.25) is 0 Å². The molecule has 0 saturated carbocycles. The second-order valence-electron chi connectivity index (χ2n) is 1.98. The zero-order valence-electron chi connectivity index (χ0n) is 5.99. The Labute approximate surface area is 70.7 Å². The fourth-order valence-corrected chi connectivity index (χ4v) is 1.30. The maximum Gasteiger partial charge on any atom is 0.0295 e. The molecule has 3 heteroatoms. The summed E-state index contributed by atoms with van der Waals surface area (Å²) in [5, 5.41) is 0. The molecule has 0 N–H and O–H groups in total. The first-order chi connectivity index (χ1) is 5.43. The maximum atomic E-state index is 3.80. The number of hydrogen-bond donors (Lipinski definition) is 0. The predicted molar refractivity (Wildman–Crippen MR) is 54.5 cm³/mol. The Balaban J connectivity index is 2.57. The van der Waals surface area contributed by atoms with E-state index in [0.717, 1.165) is 0 Å². The molecule has 0 bridgehead atoms. The van der Waals surface area contributed by atoms with E-state index in [9.17, 15) is 0 Å². The third kappa shape index (κ3) is 3.41. The molecule has 1 aromatic carbocycles. The summed E-state index contributed by atoms with van der Waals surface area (Å²) in [5.41, 5.74) is 1.22. The Morgan fingerprint density at radius 1 is 1.27 bits per heavy atom. The largest absolute Gasteiger partial charge is 0.248 e. The van der Waals surface area contributed by atoms with E-state index in [-0.39, 0.29) is 0 Å². The van der Waals surface area contributed by atoms with Crippen molar-refractivity contribution in [1.82, 2.24) is 0 Å². The van der Waals surface area contributed by atoms with Gasteiger partial charge in [0.15, 0.2) is 0 Å². The van der Waals surface area contributed by atoms with Gasteiger partial charge in [0.05, 0.1) is 0 Å². The average molecular weight is 181 g/mol. The predicted octanol–water partition coefficient (Wildman–Crippen LogP) is 3.58. The van der Waals surface area contributed by atoms with Crippen LogP contribution in [0.5, 0.6) is 0 Å². The fourth-order valence-electron chi connectivity index (χ4n) is 0.735. The van der Waals surface area contributed by atoms with Crippen molar-refractivity contribution in [2.75, 3.05) is 0 Å². The van der Waals surface area contributed by atoms with Gasteiger partial charge in [0.1, 0.15) is 0 Å². The third-order valence-corrected chi connectivity index (χ3v) is 2.05. The van der Waals surface area contributed by atoms with E-state index in [2.05, 4.69) is 31.8 Å². The highest BCUT2D eigenvalue weighted by molar-refractivity contribution is 7.44. The van der Waals surface area contributed by atoms with E-state index >= 15 is 0 Å². The van der Waals surface area contributed by atoms with Crippen LogP contribution in [-0.4, -0.2) is 0 Å². The molecule has 1 rings (SSSR count). The van der Waals surface area contributed by atoms with Gasteiger partial charge in [0.25, 0.3) is 0 Å². The Morgan fingerprint density at radius 3 is 2.64 bits per heavy atom. The van der Waals surface area contributed by atoms with E-state index < -0.39 is 0 Å². The van der Waals surface area contributed by atoms with Gasteiger partial charge in [0.2, 0.25) is 0 Å². The molecule has 1 unspecified atom stereocenters. The quantitative estimate of drug-likeness (QED) is 0.632. The third-order valence-electron chi connectivity index (χ3n) is 1.21. The number of rotatable bonds is 3. The zero-order chi connectivity index (χ0) is 7.94. The lowest BCUT2D eigenvalue weighted by Gasteiger charge is -1.88. The van der Waals surface area contributed by atoms with E-state index in [4.69, 9.17) is 0 Å². The second-order valence-corrected chi connectivity index (χ2v) is 3.47. The average Bonchev–Trinajstić information content (AvgIpc) is 2.07. The van der Waals surface area contributed by atoms with E-state index in [1.165, 1.54) is 5.56 Å². The monoisotopic (exact) mass is 181 g/mol. The van der Waals surface area contributed by atoms with Crippen molar-refractivity contribution < 1.29 is 0 Å². The minimum Gasteiger partial charge on any atom is -0.248 e. The molecule has 0 amide bonds. The zero-order valence-corrected chi connectivity index (χ0v) is 7.99. The Morgan fingerprint density at radius 2 is 2.00 bits per heavy atom. The van der Waals surface area contributed by atoms with E-state index in [1.54, 1.807) is 0 Å². The van der Waals surface area contributed by atoms with Crippen molar-refractivity contribution in [3.63, 3.8) is 0 Å². The molecule has 0 aliphatic carbocycles. The summed E-state index contributed by atoms with van der Waals surface area (Å²) >= 11 is 0. The summed E-state index contributed by atoms with van der Waals surface area (Å²) in [6.45, 7) is 0. The topological polar surface area (TPSA) is 12.4 Å². The van der Waals surface area contributed by atoms with Crippen LogP contribution in [0.1, 0.15) is 5.56 Å². The second kappa shape index (κ2) is 5.18. The summed E-state index contributed by atoms with van der Waals surface area (Å²) in [7, 11) is 3.55. The molecule has 0 aliphatic rings. The molecule has 0 radical (unpaired) electrons. The van der Waals surface area contributed by atoms with Crippen LogP contribution in [0.15, 0.2) is 40.7 Å². The first-order valence-corrected chi connectivity index (χ1v) is 4.74. The molecule has 0 fully saturated rings. The minimum absolute atomic E-state index is 0.498. The van der Waals surface area contributed by atoms with Crippen LogP contribution in [-0.2, 0) is 0 Å². The van der Waals surface area contributed by atoms with Gasteiger partial charge in [-0.15, -0.1) is 0 Å². The molecule has 56 valence electrons. The number of hydrogen-bond acceptors (Lipinski definition) is 1. The van der Waals surface area contributed by atoms with Crippen molar-refractivity contribution in [3.8, 4) is 0 Å². The lowest BCUT2D eigenvalue weighted by atomic mass is 10.2. The van der Waals surface area contributed by atoms with Gasteiger partial charge in [-0.2, -0.15) is 0 Å². The highest BCUT2D eigenvalue weighted by Crippen LogP contribution is 2.16. The van der Waals surface area contributed by atoms with Crippen LogP contribution in [0.4, 0.5) is 0 Å². The van der Waals surface area contributed by atoms with Crippen molar-refractivity contribution >= 4 is 23.8 Å². The molecule has 0 aliphatic heterocycles. The lowest BCUT2D eigenvalue weighted by molar-refractivity contribution is 1.66. The molecule has 1 aromatic rings. The smallest absolute Gasteiger partial charge is 0.0295 e. The highest BCUT2D eigenvalue weighted by Gasteiger charge is 1.79. The molecule has 0 aromatic heterocycles. The molecule has 0 spiro atoms. The van der Waals surface area contributed by atoms with Gasteiger partial charge < -0.3 is 0 Å². The van der Waals surface area contributed by atoms with E-state index in [0.29, 0.717) is 8.73 Å². The van der Waals surface area contributed by atoms with Gasteiger partial charge in [-0.3, -0.25) is 0 Å². The van der Waals surface area contributed by atoms with Crippen LogP contribution in [0.25, 0.3) is 6.08 Å². The molecule has 1 nitrogen and oxygen atoms in total. The van der Waals surface area contributed by atoms with E-state index in [1.807, 2.05) is 24.0 Å². The van der Waals surface area contributed by atoms with Crippen molar-refractivity contribution in [1.29, 1.82) is 0 Å². The minimum atomic E-state index is 0.498.